The molecule has 150 valence electrons. The zero-order valence-electron chi connectivity index (χ0n) is 16.5. The molecule has 0 spiro atoms. The molecule has 7 nitrogen and oxygen atoms in total. The van der Waals surface area contributed by atoms with Gasteiger partial charge in [0.05, 0.1) is 6.42 Å². The van der Waals surface area contributed by atoms with E-state index in [0.29, 0.717) is 5.95 Å². The molecule has 4 rings (SSSR count). The standard InChI is InChI=1S/C23H21N5O2/c1-15-6-10-19(11-7-15)25-23-27-20(26-22(24)28-23)14-30-21(29)13-16-8-9-17-4-2-3-5-18(17)12-16/h2-12H,13-14H2,1H3,(H3,24,25,26,27,28). The predicted octanol–water partition coefficient (Wildman–Crippen LogP) is 3.94. The van der Waals surface area contributed by atoms with Crippen LogP contribution in [-0.4, -0.2) is 20.9 Å². The van der Waals surface area contributed by atoms with Gasteiger partial charge in [-0.15, -0.1) is 0 Å². The van der Waals surface area contributed by atoms with E-state index in [2.05, 4.69) is 20.3 Å². The van der Waals surface area contributed by atoms with Crippen LogP contribution in [0.5, 0.6) is 0 Å². The van der Waals surface area contributed by atoms with E-state index in [-0.39, 0.29) is 30.8 Å². The lowest BCUT2D eigenvalue weighted by Gasteiger charge is -2.09. The second-order valence-corrected chi connectivity index (χ2v) is 6.94. The molecule has 4 aromatic rings. The molecule has 0 atom stereocenters. The predicted molar refractivity (Wildman–Crippen MR) is 116 cm³/mol. The van der Waals surface area contributed by atoms with Gasteiger partial charge in [-0.05, 0) is 35.4 Å². The zero-order chi connectivity index (χ0) is 20.9. The molecule has 1 aromatic heterocycles. The van der Waals surface area contributed by atoms with Gasteiger partial charge in [-0.1, -0.05) is 60.2 Å². The smallest absolute Gasteiger partial charge is 0.310 e. The van der Waals surface area contributed by atoms with Crippen molar-refractivity contribution in [1.29, 1.82) is 0 Å². The van der Waals surface area contributed by atoms with E-state index in [1.807, 2.05) is 73.7 Å². The number of nitrogens with zero attached hydrogens (tertiary/aromatic N) is 3. The molecule has 0 radical (unpaired) electrons. The number of carbonyl (C=O) groups excluding carboxylic acids is 1. The van der Waals surface area contributed by atoms with Crippen LogP contribution in [0.25, 0.3) is 10.8 Å². The van der Waals surface area contributed by atoms with Crippen LogP contribution < -0.4 is 11.1 Å². The number of fused-ring (bicyclic) bond motifs is 1. The Balaban J connectivity index is 1.39. The second-order valence-electron chi connectivity index (χ2n) is 6.94. The molecule has 1 heterocycles. The van der Waals surface area contributed by atoms with Crippen LogP contribution in [0.1, 0.15) is 17.0 Å². The van der Waals surface area contributed by atoms with Gasteiger partial charge in [-0.25, -0.2) is 0 Å². The number of rotatable bonds is 6. The molecule has 0 aliphatic carbocycles. The summed E-state index contributed by atoms with van der Waals surface area (Å²) in [7, 11) is 0. The summed E-state index contributed by atoms with van der Waals surface area (Å²) in [5, 5.41) is 5.29. The van der Waals surface area contributed by atoms with Crippen molar-refractivity contribution in [2.75, 3.05) is 11.1 Å². The molecule has 0 bridgehead atoms. The topological polar surface area (TPSA) is 103 Å². The van der Waals surface area contributed by atoms with Crippen molar-refractivity contribution in [1.82, 2.24) is 15.0 Å². The van der Waals surface area contributed by atoms with Gasteiger partial charge >= 0.3 is 5.97 Å². The van der Waals surface area contributed by atoms with E-state index >= 15 is 0 Å². The van der Waals surface area contributed by atoms with Crippen molar-refractivity contribution in [3.63, 3.8) is 0 Å². The van der Waals surface area contributed by atoms with Gasteiger partial charge in [-0.3, -0.25) is 4.79 Å². The number of benzene rings is 3. The number of anilines is 3. The second kappa shape index (κ2) is 8.57. The summed E-state index contributed by atoms with van der Waals surface area (Å²) in [6.07, 6.45) is 0.167. The van der Waals surface area contributed by atoms with Crippen LogP contribution >= 0.6 is 0 Å². The molecule has 3 aromatic carbocycles. The van der Waals surface area contributed by atoms with E-state index in [1.165, 1.54) is 0 Å². The first-order valence-electron chi connectivity index (χ1n) is 9.52. The molecule has 30 heavy (non-hydrogen) atoms. The third-order valence-corrected chi connectivity index (χ3v) is 4.53. The summed E-state index contributed by atoms with van der Waals surface area (Å²) in [5.74, 6) is 0.272. The van der Waals surface area contributed by atoms with Crippen LogP contribution in [0.3, 0.4) is 0 Å². The Kier molecular flexibility index (Phi) is 5.52. The molecule has 0 aliphatic rings. The minimum absolute atomic E-state index is 0.0557. The van der Waals surface area contributed by atoms with Crippen molar-refractivity contribution >= 4 is 34.3 Å². The molecule has 0 amide bonds. The van der Waals surface area contributed by atoms with Crippen molar-refractivity contribution in [3.05, 3.63) is 83.7 Å². The summed E-state index contributed by atoms with van der Waals surface area (Å²) < 4.78 is 5.34. The molecule has 0 fully saturated rings. The fourth-order valence-corrected chi connectivity index (χ4v) is 3.04. The largest absolute Gasteiger partial charge is 0.457 e. The van der Waals surface area contributed by atoms with E-state index in [1.54, 1.807) is 0 Å². The maximum atomic E-state index is 12.3. The van der Waals surface area contributed by atoms with Gasteiger partial charge < -0.3 is 15.8 Å². The maximum absolute atomic E-state index is 12.3. The Morgan fingerprint density at radius 3 is 2.53 bits per heavy atom. The van der Waals surface area contributed by atoms with Gasteiger partial charge in [0.25, 0.3) is 0 Å². The molecule has 0 saturated heterocycles. The average molecular weight is 399 g/mol. The highest BCUT2D eigenvalue weighted by molar-refractivity contribution is 5.84. The minimum Gasteiger partial charge on any atom is -0.457 e. The zero-order valence-corrected chi connectivity index (χ0v) is 16.5. The molecule has 3 N–H and O–H groups in total. The first-order valence-corrected chi connectivity index (χ1v) is 9.52. The van der Waals surface area contributed by atoms with Crippen LogP contribution in [0.2, 0.25) is 0 Å². The van der Waals surface area contributed by atoms with Crippen LogP contribution in [-0.2, 0) is 22.6 Å². The molecule has 7 heteroatoms. The van der Waals surface area contributed by atoms with Gasteiger partial charge in [0.2, 0.25) is 11.9 Å². The number of carbonyl (C=O) groups is 1. The maximum Gasteiger partial charge on any atom is 0.310 e. The molecular weight excluding hydrogens is 378 g/mol. The molecule has 0 aliphatic heterocycles. The van der Waals surface area contributed by atoms with Crippen LogP contribution in [0.4, 0.5) is 17.6 Å². The van der Waals surface area contributed by atoms with Crippen molar-refractivity contribution in [2.24, 2.45) is 0 Å². The highest BCUT2D eigenvalue weighted by Gasteiger charge is 2.10. The monoisotopic (exact) mass is 399 g/mol. The summed E-state index contributed by atoms with van der Waals surface area (Å²) in [5.41, 5.74) is 8.63. The van der Waals surface area contributed by atoms with Crippen molar-refractivity contribution < 1.29 is 9.53 Å². The highest BCUT2D eigenvalue weighted by atomic mass is 16.5. The Morgan fingerprint density at radius 2 is 1.73 bits per heavy atom. The quantitative estimate of drug-likeness (QED) is 0.473. The summed E-state index contributed by atoms with van der Waals surface area (Å²) >= 11 is 0. The van der Waals surface area contributed by atoms with E-state index in [9.17, 15) is 4.79 Å². The summed E-state index contributed by atoms with van der Waals surface area (Å²) in [6.45, 7) is 1.93. The average Bonchev–Trinajstić information content (AvgIpc) is 2.73. The number of hydrogen-bond acceptors (Lipinski definition) is 7. The summed E-state index contributed by atoms with van der Waals surface area (Å²) in [4.78, 5) is 24.7. The van der Waals surface area contributed by atoms with Crippen molar-refractivity contribution in [2.45, 2.75) is 20.0 Å². The fraction of sp³-hybridized carbons (Fsp3) is 0.130. The normalized spacial score (nSPS) is 10.7. The van der Waals surface area contributed by atoms with Gasteiger partial charge in [0.1, 0.15) is 0 Å². The number of nitrogens with one attached hydrogen (secondary N) is 1. The first-order chi connectivity index (χ1) is 14.5. The number of nitrogens with two attached hydrogens (primary N) is 1. The number of ether oxygens (including phenoxy) is 1. The van der Waals surface area contributed by atoms with E-state index in [0.717, 1.165) is 27.6 Å². The fourth-order valence-electron chi connectivity index (χ4n) is 3.04. The Morgan fingerprint density at radius 1 is 0.967 bits per heavy atom. The highest BCUT2D eigenvalue weighted by Crippen LogP contribution is 2.17. The third-order valence-electron chi connectivity index (χ3n) is 4.53. The SMILES string of the molecule is Cc1ccc(Nc2nc(N)nc(COC(=O)Cc3ccc4ccccc4c3)n2)cc1. The number of hydrogen-bond donors (Lipinski definition) is 2. The Labute approximate surface area is 174 Å². The minimum atomic E-state index is -0.364. The molecule has 0 unspecified atom stereocenters. The number of nitrogen functional groups attached to an aromatic ring is 1. The lowest BCUT2D eigenvalue weighted by atomic mass is 10.1. The van der Waals surface area contributed by atoms with Gasteiger partial charge in [0, 0.05) is 5.69 Å². The van der Waals surface area contributed by atoms with E-state index in [4.69, 9.17) is 10.5 Å². The van der Waals surface area contributed by atoms with Gasteiger partial charge in [-0.2, -0.15) is 15.0 Å². The van der Waals surface area contributed by atoms with E-state index < -0.39 is 0 Å². The lowest BCUT2D eigenvalue weighted by molar-refractivity contribution is -0.144. The molecular formula is C23H21N5O2. The van der Waals surface area contributed by atoms with Crippen LogP contribution in [0, 0.1) is 6.92 Å². The number of aromatic nitrogens is 3. The number of esters is 1. The van der Waals surface area contributed by atoms with Gasteiger partial charge in [0.15, 0.2) is 12.4 Å². The van der Waals surface area contributed by atoms with Crippen LogP contribution in [0.15, 0.2) is 66.7 Å². The molecule has 0 saturated carbocycles. The van der Waals surface area contributed by atoms with Crippen molar-refractivity contribution in [3.8, 4) is 0 Å². The Hall–Kier alpha value is -4.00. The summed E-state index contributed by atoms with van der Waals surface area (Å²) in [6, 6.07) is 21.7. The number of aryl methyl sites for hydroxylation is 1. The Bertz CT molecular complexity index is 1190. The third kappa shape index (κ3) is 4.88. The lowest BCUT2D eigenvalue weighted by Crippen LogP contribution is -2.12. The first kappa shape index (κ1) is 19.3.